The normalized spacial score (nSPS) is 36.6. The molecule has 2 bridgehead atoms. The van der Waals surface area contributed by atoms with E-state index in [-0.39, 0.29) is 40.6 Å². The molecule has 0 saturated carbocycles. The van der Waals surface area contributed by atoms with Crippen LogP contribution in [0.5, 0.6) is 0 Å². The summed E-state index contributed by atoms with van der Waals surface area (Å²) in [5.74, 6) is -0.0457. The summed E-state index contributed by atoms with van der Waals surface area (Å²) in [6.07, 6.45) is -6.22. The first-order valence-corrected chi connectivity index (χ1v) is 16.7. The first kappa shape index (κ1) is 29.9. The van der Waals surface area contributed by atoms with Gasteiger partial charge in [-0.1, -0.05) is 12.2 Å². The number of aromatic amines is 1. The van der Waals surface area contributed by atoms with Gasteiger partial charge < -0.3 is 49.7 Å². The summed E-state index contributed by atoms with van der Waals surface area (Å²) >= 11 is 4.41. The monoisotopic (exact) mass is 673 g/mol. The molecule has 23 heteroatoms. The number of thiol groups is 1. The van der Waals surface area contributed by atoms with Crippen LogP contribution in [0.3, 0.4) is 0 Å². The minimum atomic E-state index is -4.92. The zero-order valence-electron chi connectivity index (χ0n) is 22.1. The molecular weight excluding hydrogens is 648 g/mol. The lowest BCUT2D eigenvalue weighted by atomic mass is 10.1. The van der Waals surface area contributed by atoms with Crippen LogP contribution in [0.1, 0.15) is 12.5 Å². The molecular formula is C21H25N9O11P2S. The van der Waals surface area contributed by atoms with Gasteiger partial charge in [-0.05, 0) is 6.07 Å². The maximum atomic E-state index is 13.1. The number of rotatable bonds is 2. The second-order valence-corrected chi connectivity index (χ2v) is 13.4. The van der Waals surface area contributed by atoms with Crippen LogP contribution in [0.4, 0.5) is 11.8 Å². The SMILES string of the molecule is Nc1nc2c(ccn2C2OC3COP(=O)(O)OC4C(COP(S)OC2C3O)OC(n2cnc3c(N)ncnc32)C4O)c(=O)[nH]1. The topological polar surface area (TPSA) is 279 Å². The van der Waals surface area contributed by atoms with Crippen molar-refractivity contribution < 1.29 is 47.2 Å². The van der Waals surface area contributed by atoms with Crippen LogP contribution in [-0.2, 0) is 32.1 Å². The van der Waals surface area contributed by atoms with Crippen molar-refractivity contribution in [3.63, 3.8) is 0 Å². The maximum Gasteiger partial charge on any atom is 0.472 e. The Morgan fingerprint density at radius 3 is 2.66 bits per heavy atom. The van der Waals surface area contributed by atoms with E-state index in [0.717, 1.165) is 0 Å². The lowest BCUT2D eigenvalue weighted by molar-refractivity contribution is -0.0599. The Hall–Kier alpha value is -2.78. The van der Waals surface area contributed by atoms with E-state index >= 15 is 0 Å². The second kappa shape index (κ2) is 11.2. The van der Waals surface area contributed by atoms with E-state index in [4.69, 9.17) is 39.0 Å². The average molecular weight is 673 g/mol. The Labute approximate surface area is 251 Å². The van der Waals surface area contributed by atoms with Gasteiger partial charge in [-0.25, -0.2) is 19.5 Å². The molecule has 0 radical (unpaired) electrons. The summed E-state index contributed by atoms with van der Waals surface area (Å²) in [4.78, 5) is 41.8. The molecule has 44 heavy (non-hydrogen) atoms. The summed E-state index contributed by atoms with van der Waals surface area (Å²) in [6.45, 7) is -0.971. The molecule has 7 rings (SSSR count). The molecule has 3 saturated heterocycles. The molecule has 0 aromatic carbocycles. The van der Waals surface area contributed by atoms with E-state index in [1.54, 1.807) is 0 Å². The second-order valence-electron chi connectivity index (χ2n) is 10.0. The number of phosphoric acid groups is 1. The highest BCUT2D eigenvalue weighted by molar-refractivity contribution is 8.41. The Kier molecular flexibility index (Phi) is 7.63. The number of hydrogen-bond acceptors (Lipinski definition) is 17. The van der Waals surface area contributed by atoms with Crippen molar-refractivity contribution >= 4 is 61.6 Å². The molecule has 4 aromatic heterocycles. The highest BCUT2D eigenvalue weighted by Gasteiger charge is 2.52. The van der Waals surface area contributed by atoms with E-state index in [1.807, 2.05) is 0 Å². The van der Waals surface area contributed by atoms with Crippen molar-refractivity contribution in [3.8, 4) is 0 Å². The van der Waals surface area contributed by atoms with Crippen LogP contribution in [0, 0.1) is 0 Å². The molecule has 4 aromatic rings. The molecule has 20 nitrogen and oxygen atoms in total. The van der Waals surface area contributed by atoms with Gasteiger partial charge in [0.25, 0.3) is 5.56 Å². The number of imidazole rings is 1. The van der Waals surface area contributed by atoms with Crippen molar-refractivity contribution in [2.24, 2.45) is 0 Å². The molecule has 0 amide bonds. The molecule has 3 fully saturated rings. The van der Waals surface area contributed by atoms with Crippen LogP contribution >= 0.6 is 27.6 Å². The van der Waals surface area contributed by atoms with Gasteiger partial charge in [-0.2, -0.15) is 4.98 Å². The van der Waals surface area contributed by atoms with Crippen molar-refractivity contribution in [1.82, 2.24) is 34.1 Å². The molecule has 8 N–H and O–H groups in total. The molecule has 3 aliphatic rings. The number of ether oxygens (including phenoxy) is 2. The molecule has 0 spiro atoms. The van der Waals surface area contributed by atoms with Gasteiger partial charge in [-0.15, -0.1) is 0 Å². The predicted octanol–water partition coefficient (Wildman–Crippen LogP) is -0.680. The summed E-state index contributed by atoms with van der Waals surface area (Å²) < 4.78 is 50.3. The van der Waals surface area contributed by atoms with Crippen molar-refractivity contribution in [1.29, 1.82) is 0 Å². The number of nitrogen functional groups attached to an aromatic ring is 2. The maximum absolute atomic E-state index is 13.1. The third kappa shape index (κ3) is 5.17. The Morgan fingerprint density at radius 1 is 1.05 bits per heavy atom. The van der Waals surface area contributed by atoms with Crippen molar-refractivity contribution in [2.45, 2.75) is 49.1 Å². The van der Waals surface area contributed by atoms with Gasteiger partial charge in [-0.3, -0.25) is 23.4 Å². The fourth-order valence-electron chi connectivity index (χ4n) is 5.35. The van der Waals surface area contributed by atoms with E-state index in [2.05, 4.69) is 37.2 Å². The van der Waals surface area contributed by atoms with E-state index < -0.39 is 76.6 Å². The van der Waals surface area contributed by atoms with E-state index in [0.29, 0.717) is 0 Å². The number of anilines is 2. The third-order valence-electron chi connectivity index (χ3n) is 7.38. The minimum Gasteiger partial charge on any atom is -0.387 e. The van der Waals surface area contributed by atoms with Crippen LogP contribution in [0.2, 0.25) is 0 Å². The van der Waals surface area contributed by atoms with Gasteiger partial charge in [0.05, 0.1) is 24.9 Å². The number of nitrogens with zero attached hydrogens (tertiary/aromatic N) is 6. The van der Waals surface area contributed by atoms with Crippen molar-refractivity contribution in [2.75, 3.05) is 24.7 Å². The number of fused-ring (bicyclic) bond motifs is 5. The number of H-pyrrole nitrogens is 1. The molecule has 10 atom stereocenters. The fourth-order valence-corrected chi connectivity index (χ4v) is 7.62. The van der Waals surface area contributed by atoms with Crippen LogP contribution in [0.25, 0.3) is 22.2 Å². The Bertz CT molecular complexity index is 1820. The van der Waals surface area contributed by atoms with E-state index in [9.17, 15) is 24.5 Å². The van der Waals surface area contributed by atoms with Crippen LogP contribution in [-0.4, -0.2) is 99.0 Å². The predicted molar refractivity (Wildman–Crippen MR) is 152 cm³/mol. The quantitative estimate of drug-likeness (QED) is 0.102. The number of aliphatic hydroxyl groups excluding tert-OH is 2. The van der Waals surface area contributed by atoms with Gasteiger partial charge in [0, 0.05) is 6.20 Å². The number of aromatic nitrogens is 7. The first-order chi connectivity index (χ1) is 21.0. The number of aliphatic hydroxyl groups is 2. The average Bonchev–Trinajstić information content (AvgIpc) is 3.72. The van der Waals surface area contributed by atoms with E-state index in [1.165, 1.54) is 34.1 Å². The molecule has 7 heterocycles. The van der Waals surface area contributed by atoms with Gasteiger partial charge in [0.2, 0.25) is 13.5 Å². The smallest absolute Gasteiger partial charge is 0.387 e. The third-order valence-corrected chi connectivity index (χ3v) is 9.78. The largest absolute Gasteiger partial charge is 0.472 e. The zero-order chi connectivity index (χ0) is 30.9. The highest BCUT2D eigenvalue weighted by Crippen LogP contribution is 2.53. The number of hydrogen-bond donors (Lipinski definition) is 7. The number of nitrogens with one attached hydrogen (secondary N) is 1. The highest BCUT2D eigenvalue weighted by atomic mass is 32.7. The number of nitrogens with two attached hydrogens (primary N) is 2. The van der Waals surface area contributed by atoms with Gasteiger partial charge >= 0.3 is 7.82 Å². The lowest BCUT2D eigenvalue weighted by Crippen LogP contribution is -2.36. The van der Waals surface area contributed by atoms with Crippen molar-refractivity contribution in [3.05, 3.63) is 35.3 Å². The first-order valence-electron chi connectivity index (χ1n) is 12.9. The Morgan fingerprint density at radius 2 is 1.84 bits per heavy atom. The molecule has 236 valence electrons. The summed E-state index contributed by atoms with van der Waals surface area (Å²) in [5.41, 5.74) is 11.8. The molecule has 0 aliphatic carbocycles. The lowest BCUT2D eigenvalue weighted by Gasteiger charge is -2.26. The van der Waals surface area contributed by atoms with Gasteiger partial charge in [0.15, 0.2) is 29.6 Å². The molecule has 10 unspecified atom stereocenters. The minimum absolute atomic E-state index is 0.103. The van der Waals surface area contributed by atoms with Crippen LogP contribution < -0.4 is 17.0 Å². The summed E-state index contributed by atoms with van der Waals surface area (Å²) in [5, 5.41) is 22.5. The number of phosphoric ester groups is 1. The zero-order valence-corrected chi connectivity index (χ0v) is 24.8. The van der Waals surface area contributed by atoms with Crippen LogP contribution in [0.15, 0.2) is 29.7 Å². The summed E-state index contributed by atoms with van der Waals surface area (Å²) in [7, 11) is -6.99. The summed E-state index contributed by atoms with van der Waals surface area (Å²) in [6, 6.07) is 1.48. The fraction of sp³-hybridized carbons (Fsp3) is 0.476. The Balaban J connectivity index is 1.18. The molecule has 3 aliphatic heterocycles. The standard InChI is InChI=1S/C21H25N9O11P2S/c22-15-10-17(25-5-24-15)30(6-26-10)19-12(32)13-9(39-19)3-36-42(44)40-14-11(31)8(4-37-43(34,35)41-13)38-20(14)29-2-1-7-16(29)27-21(23)28-18(7)33/h1-2,5-6,8-9,11-14,19-20,31-32,44H,3-4H2,(H,34,35)(H2,22,24,25)(H3,23,27,28,33). The van der Waals surface area contributed by atoms with Gasteiger partial charge in [0.1, 0.15) is 48.5 Å².